The van der Waals surface area contributed by atoms with Crippen LogP contribution < -0.4 is 16.0 Å². The first kappa shape index (κ1) is 15.1. The van der Waals surface area contributed by atoms with E-state index in [4.69, 9.17) is 4.74 Å². The Morgan fingerprint density at radius 3 is 2.55 bits per heavy atom. The Bertz CT molecular complexity index is 839. The molecule has 0 spiro atoms. The van der Waals surface area contributed by atoms with Crippen molar-refractivity contribution in [2.24, 2.45) is 0 Å². The number of nitrogens with one attached hydrogen (secondary N) is 1. The van der Waals surface area contributed by atoms with E-state index in [9.17, 15) is 28.9 Å². The maximum Gasteiger partial charge on any atom is 0.331 e. The Hall–Kier alpha value is -3.30. The minimum Gasteiger partial charge on any atom is -0.425 e. The maximum absolute atomic E-state index is 13.0. The van der Waals surface area contributed by atoms with Gasteiger partial charge >= 0.3 is 11.7 Å². The van der Waals surface area contributed by atoms with Gasteiger partial charge < -0.3 is 4.74 Å². The third-order valence-corrected chi connectivity index (χ3v) is 2.55. The molecule has 0 radical (unpaired) electrons. The predicted octanol–water partition coefficient (Wildman–Crippen LogP) is 0.190. The number of aromatic nitrogens is 2. The van der Waals surface area contributed by atoms with Gasteiger partial charge in [-0.15, -0.1) is 0 Å². The summed E-state index contributed by atoms with van der Waals surface area (Å²) >= 11 is 0. The molecule has 1 aromatic heterocycles. The molecule has 0 saturated carbocycles. The summed E-state index contributed by atoms with van der Waals surface area (Å²) in [5, 5.41) is 10.5. The van der Waals surface area contributed by atoms with Crippen LogP contribution in [0.25, 0.3) is 0 Å². The molecule has 2 aromatic rings. The Kier molecular flexibility index (Phi) is 4.11. The highest BCUT2D eigenvalue weighted by Crippen LogP contribution is 2.17. The molecule has 0 atom stereocenters. The first-order valence-corrected chi connectivity index (χ1v) is 5.81. The standard InChI is InChI=1S/C12H8FN3O6/c13-9-5-15(12(19)14-11(9)18)6-10(17)22-8-3-1-7(2-4-8)16(20)21/h1-5H,6H2,(H,14,18,19). The van der Waals surface area contributed by atoms with Crippen LogP contribution in [0.1, 0.15) is 0 Å². The van der Waals surface area contributed by atoms with Crippen LogP contribution in [-0.4, -0.2) is 20.4 Å². The molecule has 114 valence electrons. The van der Waals surface area contributed by atoms with Gasteiger partial charge in [-0.2, -0.15) is 4.39 Å². The molecule has 2 rings (SSSR count). The van der Waals surface area contributed by atoms with Crippen LogP contribution in [0, 0.1) is 15.9 Å². The van der Waals surface area contributed by atoms with Gasteiger partial charge in [-0.3, -0.25) is 24.5 Å². The molecule has 9 nitrogen and oxygen atoms in total. The minimum absolute atomic E-state index is 0.0218. The molecule has 0 unspecified atom stereocenters. The number of nitro benzene ring substituents is 1. The molecular weight excluding hydrogens is 301 g/mol. The summed E-state index contributed by atoms with van der Waals surface area (Å²) in [5.74, 6) is -2.11. The quantitative estimate of drug-likeness (QED) is 0.372. The number of benzene rings is 1. The summed E-state index contributed by atoms with van der Waals surface area (Å²) in [6.45, 7) is -0.635. The van der Waals surface area contributed by atoms with Crippen LogP contribution in [0.5, 0.6) is 5.75 Å². The van der Waals surface area contributed by atoms with Gasteiger partial charge in [0.15, 0.2) is 0 Å². The number of nitrogens with zero attached hydrogens (tertiary/aromatic N) is 2. The topological polar surface area (TPSA) is 124 Å². The molecule has 0 fully saturated rings. The van der Waals surface area contributed by atoms with Crippen LogP contribution >= 0.6 is 0 Å². The van der Waals surface area contributed by atoms with Gasteiger partial charge in [0, 0.05) is 12.1 Å². The SMILES string of the molecule is O=C(Cn1cc(F)c(=O)[nH]c1=O)Oc1ccc([N+](=O)[O-])cc1. The van der Waals surface area contributed by atoms with E-state index in [2.05, 4.69) is 0 Å². The minimum atomic E-state index is -1.22. The van der Waals surface area contributed by atoms with E-state index >= 15 is 0 Å². The first-order valence-electron chi connectivity index (χ1n) is 5.81. The lowest BCUT2D eigenvalue weighted by molar-refractivity contribution is -0.384. The summed E-state index contributed by atoms with van der Waals surface area (Å²) in [6, 6.07) is 4.67. The van der Waals surface area contributed by atoms with E-state index < -0.39 is 34.5 Å². The zero-order valence-electron chi connectivity index (χ0n) is 10.8. The van der Waals surface area contributed by atoms with Gasteiger partial charge in [0.05, 0.1) is 11.1 Å². The number of carbonyl (C=O) groups is 1. The molecule has 1 N–H and O–H groups in total. The molecule has 0 aliphatic heterocycles. The first-order chi connectivity index (χ1) is 10.4. The van der Waals surface area contributed by atoms with Crippen LogP contribution in [0.15, 0.2) is 40.1 Å². The van der Waals surface area contributed by atoms with Crippen molar-refractivity contribution in [1.82, 2.24) is 9.55 Å². The molecule has 0 aliphatic carbocycles. The fourth-order valence-corrected chi connectivity index (χ4v) is 1.54. The van der Waals surface area contributed by atoms with Crippen molar-refractivity contribution in [2.45, 2.75) is 6.54 Å². The predicted molar refractivity (Wildman–Crippen MR) is 70.0 cm³/mol. The summed E-state index contributed by atoms with van der Waals surface area (Å²) < 4.78 is 18.5. The number of non-ortho nitro benzene ring substituents is 1. The lowest BCUT2D eigenvalue weighted by atomic mass is 10.3. The largest absolute Gasteiger partial charge is 0.425 e. The molecule has 22 heavy (non-hydrogen) atoms. The molecule has 10 heteroatoms. The number of H-pyrrole nitrogens is 1. The second-order valence-corrected chi connectivity index (χ2v) is 4.09. The van der Waals surface area contributed by atoms with Gasteiger partial charge in [-0.1, -0.05) is 0 Å². The average molecular weight is 309 g/mol. The number of rotatable bonds is 4. The molecular formula is C12H8FN3O6. The Balaban J connectivity index is 2.10. The zero-order valence-corrected chi connectivity index (χ0v) is 10.8. The van der Waals surface area contributed by atoms with E-state index in [0.29, 0.717) is 10.8 Å². The lowest BCUT2D eigenvalue weighted by Crippen LogP contribution is -2.34. The lowest BCUT2D eigenvalue weighted by Gasteiger charge is -2.06. The van der Waals surface area contributed by atoms with Crippen molar-refractivity contribution in [2.75, 3.05) is 0 Å². The summed E-state index contributed by atoms with van der Waals surface area (Å²) in [4.78, 5) is 45.4. The van der Waals surface area contributed by atoms with Crippen molar-refractivity contribution in [3.8, 4) is 5.75 Å². The summed E-state index contributed by atoms with van der Waals surface area (Å²) in [5.41, 5.74) is -2.34. The number of esters is 1. The Morgan fingerprint density at radius 1 is 1.32 bits per heavy atom. The normalized spacial score (nSPS) is 10.2. The van der Waals surface area contributed by atoms with E-state index in [1.165, 1.54) is 12.1 Å². The highest BCUT2D eigenvalue weighted by Gasteiger charge is 2.11. The van der Waals surface area contributed by atoms with Crippen molar-refractivity contribution >= 4 is 11.7 Å². The number of aromatic amines is 1. The fraction of sp³-hybridized carbons (Fsp3) is 0.0833. The van der Waals surface area contributed by atoms with Crippen molar-refractivity contribution in [1.29, 1.82) is 0 Å². The Morgan fingerprint density at radius 2 is 1.95 bits per heavy atom. The smallest absolute Gasteiger partial charge is 0.331 e. The van der Waals surface area contributed by atoms with Crippen LogP contribution in [0.3, 0.4) is 0 Å². The van der Waals surface area contributed by atoms with Crippen molar-refractivity contribution in [3.05, 3.63) is 67.2 Å². The third-order valence-electron chi connectivity index (χ3n) is 2.55. The summed E-state index contributed by atoms with van der Waals surface area (Å²) in [7, 11) is 0. The van der Waals surface area contributed by atoms with E-state index in [1.54, 1.807) is 4.98 Å². The zero-order chi connectivity index (χ0) is 16.3. The van der Waals surface area contributed by atoms with E-state index in [-0.39, 0.29) is 11.4 Å². The maximum atomic E-state index is 13.0. The van der Waals surface area contributed by atoms with Gasteiger partial charge in [0.1, 0.15) is 12.3 Å². The molecule has 1 heterocycles. The van der Waals surface area contributed by atoms with Crippen molar-refractivity contribution < 1.29 is 18.8 Å². The highest BCUT2D eigenvalue weighted by atomic mass is 19.1. The van der Waals surface area contributed by atoms with Gasteiger partial charge in [-0.25, -0.2) is 9.59 Å². The average Bonchev–Trinajstić information content (AvgIpc) is 2.45. The molecule has 0 aliphatic rings. The number of nitro groups is 1. The number of ether oxygens (including phenoxy) is 1. The van der Waals surface area contributed by atoms with Gasteiger partial charge in [-0.05, 0) is 12.1 Å². The number of halogens is 1. The third kappa shape index (κ3) is 3.42. The highest BCUT2D eigenvalue weighted by molar-refractivity contribution is 5.72. The second kappa shape index (κ2) is 5.99. The number of carbonyl (C=O) groups excluding carboxylic acids is 1. The van der Waals surface area contributed by atoms with E-state index in [0.717, 1.165) is 12.1 Å². The van der Waals surface area contributed by atoms with Gasteiger partial charge in [0.2, 0.25) is 5.82 Å². The Labute approximate surface area is 120 Å². The van der Waals surface area contributed by atoms with Crippen LogP contribution in [0.2, 0.25) is 0 Å². The van der Waals surface area contributed by atoms with Crippen molar-refractivity contribution in [3.63, 3.8) is 0 Å². The van der Waals surface area contributed by atoms with E-state index in [1.807, 2.05) is 0 Å². The molecule has 0 amide bonds. The summed E-state index contributed by atoms with van der Waals surface area (Å²) in [6.07, 6.45) is 0.582. The molecule has 0 saturated heterocycles. The van der Waals surface area contributed by atoms with Crippen LogP contribution in [-0.2, 0) is 11.3 Å². The number of hydrogen-bond acceptors (Lipinski definition) is 6. The van der Waals surface area contributed by atoms with Crippen LogP contribution in [0.4, 0.5) is 10.1 Å². The van der Waals surface area contributed by atoms with Gasteiger partial charge in [0.25, 0.3) is 11.2 Å². The second-order valence-electron chi connectivity index (χ2n) is 4.09. The fourth-order valence-electron chi connectivity index (χ4n) is 1.54. The number of hydrogen-bond donors (Lipinski definition) is 1. The monoisotopic (exact) mass is 309 g/mol. The molecule has 0 bridgehead atoms. The molecule has 1 aromatic carbocycles.